The predicted octanol–water partition coefficient (Wildman–Crippen LogP) is 2.34. The Balaban J connectivity index is 1.66. The normalized spacial score (nSPS) is 16.0. The third kappa shape index (κ3) is 4.81. The molecule has 1 fully saturated rings. The summed E-state index contributed by atoms with van der Waals surface area (Å²) >= 11 is 0. The summed E-state index contributed by atoms with van der Waals surface area (Å²) in [5.74, 6) is 1.21. The zero-order valence-corrected chi connectivity index (χ0v) is 11.2. The number of anilines is 1. The Hall–Kier alpha value is -1.71. The molecule has 0 atom stereocenters. The molecule has 0 heterocycles. The quantitative estimate of drug-likeness (QED) is 0.801. The fraction of sp³-hybridized carbons (Fsp3) is 0.533. The number of ether oxygens (including phenoxy) is 1. The highest BCUT2D eigenvalue weighted by atomic mass is 16.5. The molecule has 0 aliphatic heterocycles. The van der Waals surface area contributed by atoms with E-state index in [2.05, 4.69) is 5.32 Å². The molecule has 4 nitrogen and oxygen atoms in total. The van der Waals surface area contributed by atoms with Crippen LogP contribution in [-0.4, -0.2) is 19.1 Å². The van der Waals surface area contributed by atoms with Gasteiger partial charge in [0, 0.05) is 18.3 Å². The summed E-state index contributed by atoms with van der Waals surface area (Å²) < 4.78 is 5.40. The number of nitrogens with one attached hydrogen (secondary N) is 1. The van der Waals surface area contributed by atoms with E-state index in [1.807, 2.05) is 6.07 Å². The van der Waals surface area contributed by atoms with Gasteiger partial charge < -0.3 is 15.8 Å². The molecule has 0 radical (unpaired) electrons. The molecule has 1 saturated carbocycles. The fourth-order valence-corrected chi connectivity index (χ4v) is 2.45. The monoisotopic (exact) mass is 262 g/mol. The Morgan fingerprint density at radius 3 is 2.84 bits per heavy atom. The smallest absolute Gasteiger partial charge is 0.257 e. The van der Waals surface area contributed by atoms with Crippen LogP contribution in [-0.2, 0) is 4.79 Å². The Morgan fingerprint density at radius 2 is 2.11 bits per heavy atom. The van der Waals surface area contributed by atoms with E-state index in [9.17, 15) is 4.79 Å². The number of carbonyl (C=O) groups is 1. The molecule has 1 aliphatic carbocycles. The van der Waals surface area contributed by atoms with Crippen LogP contribution in [0.1, 0.15) is 32.1 Å². The predicted molar refractivity (Wildman–Crippen MR) is 75.9 cm³/mol. The van der Waals surface area contributed by atoms with Crippen LogP contribution in [0.4, 0.5) is 5.69 Å². The second-order valence-corrected chi connectivity index (χ2v) is 5.17. The number of hydrogen-bond acceptors (Lipinski definition) is 3. The first kappa shape index (κ1) is 13.7. The van der Waals surface area contributed by atoms with Crippen molar-refractivity contribution in [3.63, 3.8) is 0 Å². The van der Waals surface area contributed by atoms with E-state index >= 15 is 0 Å². The highest BCUT2D eigenvalue weighted by Gasteiger charge is 2.14. The van der Waals surface area contributed by atoms with Crippen LogP contribution in [0.15, 0.2) is 24.3 Å². The van der Waals surface area contributed by atoms with Gasteiger partial charge in [-0.05, 0) is 30.9 Å². The Labute approximate surface area is 114 Å². The van der Waals surface area contributed by atoms with Crippen LogP contribution in [0.5, 0.6) is 5.75 Å². The van der Waals surface area contributed by atoms with Gasteiger partial charge in [-0.15, -0.1) is 0 Å². The topological polar surface area (TPSA) is 64.3 Å². The largest absolute Gasteiger partial charge is 0.484 e. The van der Waals surface area contributed by atoms with E-state index in [0.717, 1.165) is 6.54 Å². The van der Waals surface area contributed by atoms with E-state index in [0.29, 0.717) is 17.4 Å². The summed E-state index contributed by atoms with van der Waals surface area (Å²) in [7, 11) is 0. The number of benzene rings is 1. The van der Waals surface area contributed by atoms with Crippen molar-refractivity contribution in [2.24, 2.45) is 5.92 Å². The number of hydrogen-bond donors (Lipinski definition) is 2. The lowest BCUT2D eigenvalue weighted by molar-refractivity contribution is -0.123. The van der Waals surface area contributed by atoms with Gasteiger partial charge in [0.1, 0.15) is 5.75 Å². The number of nitrogens with two attached hydrogens (primary N) is 1. The summed E-state index contributed by atoms with van der Waals surface area (Å²) in [4.78, 5) is 11.7. The van der Waals surface area contributed by atoms with Crippen LogP contribution < -0.4 is 15.8 Å². The molecule has 2 rings (SSSR count). The third-order valence-electron chi connectivity index (χ3n) is 3.54. The van der Waals surface area contributed by atoms with Gasteiger partial charge in [-0.25, -0.2) is 0 Å². The molecule has 19 heavy (non-hydrogen) atoms. The lowest BCUT2D eigenvalue weighted by Crippen LogP contribution is -2.33. The lowest BCUT2D eigenvalue weighted by atomic mass is 9.89. The van der Waals surface area contributed by atoms with Gasteiger partial charge >= 0.3 is 0 Å². The lowest BCUT2D eigenvalue weighted by Gasteiger charge is -2.21. The highest BCUT2D eigenvalue weighted by molar-refractivity contribution is 5.77. The average molecular weight is 262 g/mol. The molecule has 1 aromatic rings. The maximum absolute atomic E-state index is 11.7. The molecular formula is C15H22N2O2. The van der Waals surface area contributed by atoms with Crippen molar-refractivity contribution in [2.45, 2.75) is 32.1 Å². The van der Waals surface area contributed by atoms with Crippen LogP contribution in [0.2, 0.25) is 0 Å². The van der Waals surface area contributed by atoms with Gasteiger partial charge in [-0.1, -0.05) is 25.3 Å². The standard InChI is InChI=1S/C15H22N2O2/c16-13-7-4-8-14(9-13)19-11-15(18)17-10-12-5-2-1-3-6-12/h4,7-9,12H,1-3,5-6,10-11,16H2,(H,17,18). The molecule has 0 saturated heterocycles. The molecule has 1 aliphatic rings. The van der Waals surface area contributed by atoms with E-state index in [-0.39, 0.29) is 12.5 Å². The number of rotatable bonds is 5. The molecule has 1 aromatic carbocycles. The van der Waals surface area contributed by atoms with Crippen LogP contribution in [0, 0.1) is 5.92 Å². The van der Waals surface area contributed by atoms with Crippen molar-refractivity contribution in [3.8, 4) is 5.75 Å². The van der Waals surface area contributed by atoms with Crippen LogP contribution in [0.3, 0.4) is 0 Å². The van der Waals surface area contributed by atoms with Crippen molar-refractivity contribution in [1.82, 2.24) is 5.32 Å². The second-order valence-electron chi connectivity index (χ2n) is 5.17. The van der Waals surface area contributed by atoms with Gasteiger partial charge in [0.05, 0.1) is 0 Å². The molecule has 1 amide bonds. The van der Waals surface area contributed by atoms with Crippen LogP contribution in [0.25, 0.3) is 0 Å². The van der Waals surface area contributed by atoms with E-state index in [1.165, 1.54) is 32.1 Å². The molecule has 104 valence electrons. The third-order valence-corrected chi connectivity index (χ3v) is 3.54. The van der Waals surface area contributed by atoms with E-state index in [1.54, 1.807) is 18.2 Å². The summed E-state index contributed by atoms with van der Waals surface area (Å²) in [6.45, 7) is 0.829. The summed E-state index contributed by atoms with van der Waals surface area (Å²) in [5.41, 5.74) is 6.28. The van der Waals surface area contributed by atoms with Crippen LogP contribution >= 0.6 is 0 Å². The van der Waals surface area contributed by atoms with E-state index in [4.69, 9.17) is 10.5 Å². The average Bonchev–Trinajstić information content (AvgIpc) is 2.44. The van der Waals surface area contributed by atoms with Gasteiger partial charge in [0.25, 0.3) is 5.91 Å². The second kappa shape index (κ2) is 7.02. The summed E-state index contributed by atoms with van der Waals surface area (Å²) in [6, 6.07) is 7.11. The first-order valence-corrected chi connectivity index (χ1v) is 6.99. The fourth-order valence-electron chi connectivity index (χ4n) is 2.45. The van der Waals surface area contributed by atoms with Crippen molar-refractivity contribution < 1.29 is 9.53 Å². The SMILES string of the molecule is Nc1cccc(OCC(=O)NCC2CCCCC2)c1. The molecule has 4 heteroatoms. The minimum Gasteiger partial charge on any atom is -0.484 e. The van der Waals surface area contributed by atoms with Crippen molar-refractivity contribution >= 4 is 11.6 Å². The zero-order chi connectivity index (χ0) is 13.5. The van der Waals surface area contributed by atoms with Gasteiger partial charge in [-0.2, -0.15) is 0 Å². The van der Waals surface area contributed by atoms with Crippen molar-refractivity contribution in [2.75, 3.05) is 18.9 Å². The number of carbonyl (C=O) groups excluding carboxylic acids is 1. The minimum absolute atomic E-state index is 0.0518. The van der Waals surface area contributed by atoms with Gasteiger partial charge in [0.2, 0.25) is 0 Å². The highest BCUT2D eigenvalue weighted by Crippen LogP contribution is 2.22. The van der Waals surface area contributed by atoms with Crippen molar-refractivity contribution in [1.29, 1.82) is 0 Å². The maximum Gasteiger partial charge on any atom is 0.257 e. The molecule has 0 unspecified atom stereocenters. The zero-order valence-electron chi connectivity index (χ0n) is 11.2. The maximum atomic E-state index is 11.7. The molecular weight excluding hydrogens is 240 g/mol. The van der Waals surface area contributed by atoms with E-state index < -0.39 is 0 Å². The molecule has 3 N–H and O–H groups in total. The van der Waals surface area contributed by atoms with Gasteiger partial charge in [-0.3, -0.25) is 4.79 Å². The first-order chi connectivity index (χ1) is 9.24. The Morgan fingerprint density at radius 1 is 1.32 bits per heavy atom. The molecule has 0 aromatic heterocycles. The Kier molecular flexibility index (Phi) is 5.07. The number of nitrogen functional groups attached to an aromatic ring is 1. The summed E-state index contributed by atoms with van der Waals surface area (Å²) in [5, 5.41) is 2.94. The first-order valence-electron chi connectivity index (χ1n) is 6.99. The Bertz CT molecular complexity index is 414. The van der Waals surface area contributed by atoms with Gasteiger partial charge in [0.15, 0.2) is 6.61 Å². The molecule has 0 spiro atoms. The number of amides is 1. The minimum atomic E-state index is -0.0620. The van der Waals surface area contributed by atoms with Crippen molar-refractivity contribution in [3.05, 3.63) is 24.3 Å². The molecule has 0 bridgehead atoms. The summed E-state index contributed by atoms with van der Waals surface area (Å²) in [6.07, 6.45) is 6.39.